The van der Waals surface area contributed by atoms with Gasteiger partial charge >= 0.3 is 0 Å². The first-order valence-corrected chi connectivity index (χ1v) is 10.5. The molecular formula is C21H26FN9O. The third-order valence-corrected chi connectivity index (χ3v) is 6.51. The summed E-state index contributed by atoms with van der Waals surface area (Å²) in [6.45, 7) is -0.404. The quantitative estimate of drug-likeness (QED) is 0.624. The number of phenolic OH excluding ortho intramolecular Hbond substituents is 1. The largest absolute Gasteiger partial charge is 0.507 e. The van der Waals surface area contributed by atoms with Crippen molar-refractivity contribution in [2.45, 2.75) is 56.4 Å². The normalized spacial score (nSPS) is 29.1. The minimum atomic E-state index is -2.55. The lowest BCUT2D eigenvalue weighted by atomic mass is 9.74. The molecule has 0 saturated carbocycles. The molecule has 3 aromatic rings. The molecule has 2 aliphatic rings. The van der Waals surface area contributed by atoms with E-state index in [0.717, 1.165) is 19.3 Å². The van der Waals surface area contributed by atoms with Gasteiger partial charge in [-0.3, -0.25) is 0 Å². The molecule has 2 bridgehead atoms. The average molecular weight is 443 g/mol. The van der Waals surface area contributed by atoms with Crippen molar-refractivity contribution in [3.8, 4) is 28.5 Å². The molecule has 11 heteroatoms. The summed E-state index contributed by atoms with van der Waals surface area (Å²) in [5, 5.41) is 33.5. The lowest BCUT2D eigenvalue weighted by Gasteiger charge is -2.51. The number of aromatic nitrogens is 7. The van der Waals surface area contributed by atoms with Crippen LogP contribution in [0.4, 0.5) is 10.2 Å². The van der Waals surface area contributed by atoms with E-state index in [4.69, 9.17) is 4.11 Å². The maximum atomic E-state index is 15.2. The Hall–Kier alpha value is -3.21. The van der Waals surface area contributed by atoms with Crippen molar-refractivity contribution in [1.29, 1.82) is 0 Å². The number of piperidine rings is 2. The summed E-state index contributed by atoms with van der Waals surface area (Å²) in [6, 6.07) is 4.04. The number of tetrazole rings is 1. The number of hydrogen-bond acceptors (Lipinski definition) is 9. The fourth-order valence-corrected chi connectivity index (χ4v) is 4.81. The molecule has 4 atom stereocenters. The van der Waals surface area contributed by atoms with Gasteiger partial charge in [0.2, 0.25) is 5.82 Å². The number of halogens is 1. The fourth-order valence-electron chi connectivity index (χ4n) is 4.81. The monoisotopic (exact) mass is 442 g/mol. The molecule has 0 spiro atoms. The van der Waals surface area contributed by atoms with Gasteiger partial charge in [-0.1, -0.05) is 6.07 Å². The van der Waals surface area contributed by atoms with E-state index >= 15 is 4.39 Å². The van der Waals surface area contributed by atoms with Gasteiger partial charge in [0.05, 0.1) is 24.8 Å². The summed E-state index contributed by atoms with van der Waals surface area (Å²) in [7, 11) is 1.80. The van der Waals surface area contributed by atoms with Crippen molar-refractivity contribution in [2.75, 3.05) is 11.9 Å². The van der Waals surface area contributed by atoms with Gasteiger partial charge in [0.1, 0.15) is 11.9 Å². The second-order valence-corrected chi connectivity index (χ2v) is 8.80. The van der Waals surface area contributed by atoms with Crippen LogP contribution in [0.15, 0.2) is 24.4 Å². The van der Waals surface area contributed by atoms with Gasteiger partial charge in [-0.25, -0.2) is 9.37 Å². The minimum absolute atomic E-state index is 0.0557. The molecule has 2 N–H and O–H groups in total. The maximum absolute atomic E-state index is 15.2. The number of rotatable bonds is 4. The second kappa shape index (κ2) is 7.73. The molecule has 32 heavy (non-hydrogen) atoms. The van der Waals surface area contributed by atoms with Crippen LogP contribution in [-0.4, -0.2) is 71.3 Å². The summed E-state index contributed by atoms with van der Waals surface area (Å²) in [4.78, 5) is 6.68. The number of alkyl halides is 1. The standard InChI is InChI=1S/C21H26FN9O/c1-21-8-4-5-14(24-21)18(22)15(10-21)30(2)17-11-23-20(26-25-17)13-7-6-12(9-16(13)32)19-27-29-31(3)28-19/h6-7,9,11,14-15,18,24,32H,4-5,8,10H2,1-3H3/t14-,15-,18+,21-/m0/s1/i3D3. The number of benzene rings is 1. The zero-order valence-corrected chi connectivity index (χ0v) is 17.8. The number of fused-ring (bicyclic) bond motifs is 2. The number of aromatic hydroxyl groups is 1. The summed E-state index contributed by atoms with van der Waals surface area (Å²) < 4.78 is 37.2. The number of phenols is 1. The predicted octanol–water partition coefficient (Wildman–Crippen LogP) is 1.88. The number of hydrogen-bond donors (Lipinski definition) is 2. The van der Waals surface area contributed by atoms with Gasteiger partial charge in [-0.15, -0.1) is 20.4 Å². The van der Waals surface area contributed by atoms with Crippen LogP contribution in [0, 0.1) is 0 Å². The Labute approximate surface area is 189 Å². The van der Waals surface area contributed by atoms with E-state index in [1.165, 1.54) is 12.3 Å². The third kappa shape index (κ3) is 3.66. The topological polar surface area (TPSA) is 118 Å². The molecule has 0 amide bonds. The maximum Gasteiger partial charge on any atom is 0.205 e. The van der Waals surface area contributed by atoms with E-state index in [2.05, 4.69) is 42.8 Å². The predicted molar refractivity (Wildman–Crippen MR) is 116 cm³/mol. The molecule has 168 valence electrons. The number of aryl methyl sites for hydroxylation is 1. The van der Waals surface area contributed by atoms with E-state index < -0.39 is 13.1 Å². The van der Waals surface area contributed by atoms with Crippen LogP contribution in [0.1, 0.15) is 36.7 Å². The van der Waals surface area contributed by atoms with Gasteiger partial charge in [0.25, 0.3) is 0 Å². The van der Waals surface area contributed by atoms with Gasteiger partial charge in [-0.05, 0) is 50.0 Å². The van der Waals surface area contributed by atoms with Crippen molar-refractivity contribution < 1.29 is 13.6 Å². The second-order valence-electron chi connectivity index (χ2n) is 8.80. The Morgan fingerprint density at radius 2 is 2.19 bits per heavy atom. The fraction of sp³-hybridized carbons (Fsp3) is 0.524. The summed E-state index contributed by atoms with van der Waals surface area (Å²) >= 11 is 0. The Morgan fingerprint density at radius 1 is 1.31 bits per heavy atom. The zero-order valence-electron chi connectivity index (χ0n) is 20.8. The van der Waals surface area contributed by atoms with Gasteiger partial charge in [0.15, 0.2) is 11.6 Å². The third-order valence-electron chi connectivity index (χ3n) is 6.51. The number of nitrogens with one attached hydrogen (secondary N) is 1. The summed E-state index contributed by atoms with van der Waals surface area (Å²) in [5.74, 6) is 0.543. The SMILES string of the molecule is [2H]C([2H])([2H])n1nnc(-c2ccc(-c3ncc(N(C)[C@H]4C[C@]5(C)CCC[C@H](N5)[C@H]4F)nn3)c(O)c2)n1. The summed E-state index contributed by atoms with van der Waals surface area (Å²) in [6.07, 6.45) is 4.02. The lowest BCUT2D eigenvalue weighted by molar-refractivity contribution is 0.0607. The molecule has 2 fully saturated rings. The Morgan fingerprint density at radius 3 is 2.91 bits per heavy atom. The molecule has 5 rings (SSSR count). The molecule has 4 heterocycles. The van der Waals surface area contributed by atoms with Crippen LogP contribution in [0.3, 0.4) is 0 Å². The Bertz CT molecular complexity index is 1220. The first kappa shape index (κ1) is 17.4. The smallest absolute Gasteiger partial charge is 0.205 e. The van der Waals surface area contributed by atoms with E-state index in [0.29, 0.717) is 28.2 Å². The van der Waals surface area contributed by atoms with Crippen molar-refractivity contribution in [3.63, 3.8) is 0 Å². The first-order valence-electron chi connectivity index (χ1n) is 12.0. The number of nitrogens with zero attached hydrogens (tertiary/aromatic N) is 8. The highest BCUT2D eigenvalue weighted by atomic mass is 19.1. The van der Waals surface area contributed by atoms with Crippen LogP contribution in [-0.2, 0) is 6.98 Å². The molecule has 2 aliphatic heterocycles. The average Bonchev–Trinajstić information content (AvgIpc) is 3.32. The van der Waals surface area contributed by atoms with Crippen molar-refractivity contribution in [2.24, 2.45) is 6.98 Å². The van der Waals surface area contributed by atoms with Crippen LogP contribution in [0.25, 0.3) is 22.8 Å². The van der Waals surface area contributed by atoms with Crippen LogP contribution < -0.4 is 10.2 Å². The van der Waals surface area contributed by atoms with Crippen molar-refractivity contribution >= 4 is 5.82 Å². The highest BCUT2D eigenvalue weighted by Gasteiger charge is 2.47. The minimum Gasteiger partial charge on any atom is -0.507 e. The lowest BCUT2D eigenvalue weighted by Crippen LogP contribution is -2.66. The summed E-state index contributed by atoms with van der Waals surface area (Å²) in [5.41, 5.74) is 0.610. The zero-order chi connectivity index (χ0) is 25.0. The Kier molecular flexibility index (Phi) is 4.19. The van der Waals surface area contributed by atoms with Crippen LogP contribution >= 0.6 is 0 Å². The van der Waals surface area contributed by atoms with Gasteiger partial charge < -0.3 is 15.3 Å². The molecule has 10 nitrogen and oxygen atoms in total. The first-order chi connectivity index (χ1) is 16.5. The molecule has 2 aromatic heterocycles. The highest BCUT2D eigenvalue weighted by Crippen LogP contribution is 2.38. The van der Waals surface area contributed by atoms with Gasteiger partial charge in [0, 0.05) is 28.3 Å². The molecule has 0 aliphatic carbocycles. The molecule has 1 aromatic carbocycles. The van der Waals surface area contributed by atoms with E-state index in [1.807, 2.05) is 0 Å². The molecule has 0 unspecified atom stereocenters. The van der Waals surface area contributed by atoms with Crippen molar-refractivity contribution in [3.05, 3.63) is 24.4 Å². The van der Waals surface area contributed by atoms with Crippen molar-refractivity contribution in [1.82, 2.24) is 40.7 Å². The Balaban J connectivity index is 1.34. The highest BCUT2D eigenvalue weighted by molar-refractivity contribution is 5.69. The molecule has 0 radical (unpaired) electrons. The molecule has 2 saturated heterocycles. The van der Waals surface area contributed by atoms with E-state index in [9.17, 15) is 5.11 Å². The number of anilines is 1. The van der Waals surface area contributed by atoms with Crippen LogP contribution in [0.2, 0.25) is 0 Å². The van der Waals surface area contributed by atoms with Gasteiger partial charge in [-0.2, -0.15) is 4.80 Å². The van der Waals surface area contributed by atoms with E-state index in [1.54, 1.807) is 24.1 Å². The molecular weight excluding hydrogens is 413 g/mol. The van der Waals surface area contributed by atoms with E-state index in [-0.39, 0.29) is 35.0 Å². The van der Waals surface area contributed by atoms with Crippen LogP contribution in [0.5, 0.6) is 5.75 Å².